The van der Waals surface area contributed by atoms with Gasteiger partial charge in [0.25, 0.3) is 5.91 Å². The highest BCUT2D eigenvalue weighted by atomic mass is 19.4. The Hall–Kier alpha value is -4.02. The number of benzene rings is 1. The van der Waals surface area contributed by atoms with Crippen LogP contribution in [0.3, 0.4) is 0 Å². The summed E-state index contributed by atoms with van der Waals surface area (Å²) in [4.78, 5) is 13.3. The van der Waals surface area contributed by atoms with Crippen molar-refractivity contribution in [2.75, 3.05) is 10.6 Å². The third-order valence-electron chi connectivity index (χ3n) is 6.44. The fourth-order valence-corrected chi connectivity index (χ4v) is 4.48. The van der Waals surface area contributed by atoms with Crippen LogP contribution in [0, 0.1) is 20.8 Å². The van der Waals surface area contributed by atoms with Crippen molar-refractivity contribution in [2.24, 2.45) is 0 Å². The maximum atomic E-state index is 13.9. The third kappa shape index (κ3) is 4.36. The van der Waals surface area contributed by atoms with Gasteiger partial charge in [-0.15, -0.1) is 0 Å². The summed E-state index contributed by atoms with van der Waals surface area (Å²) in [6.45, 7) is 6.14. The highest BCUT2D eigenvalue weighted by Crippen LogP contribution is 2.44. The first-order valence-corrected chi connectivity index (χ1v) is 11.5. The molecule has 0 fully saturated rings. The highest BCUT2D eigenvalue weighted by Gasteiger charge is 2.47. The summed E-state index contributed by atoms with van der Waals surface area (Å²) in [5.41, 5.74) is 4.06. The topological polar surface area (TPSA) is 89.9 Å². The largest absolute Gasteiger partial charge is 0.467 e. The molecule has 0 aliphatic carbocycles. The summed E-state index contributed by atoms with van der Waals surface area (Å²) in [6, 6.07) is 8.62. The average Bonchev–Trinajstić information content (AvgIpc) is 3.56. The number of carbonyl (C=O) groups is 1. The first-order valence-electron chi connectivity index (χ1n) is 11.5. The van der Waals surface area contributed by atoms with Gasteiger partial charge in [0, 0.05) is 6.42 Å². The van der Waals surface area contributed by atoms with Crippen LogP contribution in [-0.4, -0.2) is 31.6 Å². The minimum Gasteiger partial charge on any atom is -0.467 e. The summed E-state index contributed by atoms with van der Waals surface area (Å²) in [5.74, 6) is -0.234. The highest BCUT2D eigenvalue weighted by molar-refractivity contribution is 6.08. The van der Waals surface area contributed by atoms with E-state index in [4.69, 9.17) is 4.42 Å². The first-order chi connectivity index (χ1) is 17.1. The Kier molecular flexibility index (Phi) is 5.85. The maximum absolute atomic E-state index is 13.9. The van der Waals surface area contributed by atoms with Gasteiger partial charge in [-0.3, -0.25) is 9.48 Å². The van der Waals surface area contributed by atoms with E-state index in [1.54, 1.807) is 23.7 Å². The van der Waals surface area contributed by atoms with Gasteiger partial charge in [-0.05, 0) is 38.5 Å². The van der Waals surface area contributed by atoms with Gasteiger partial charge >= 0.3 is 6.18 Å². The Labute approximate surface area is 205 Å². The second kappa shape index (κ2) is 8.89. The lowest BCUT2D eigenvalue weighted by atomic mass is 10.0. The maximum Gasteiger partial charge on any atom is 0.410 e. The monoisotopic (exact) mass is 498 g/mol. The molecule has 11 heteroatoms. The molecule has 1 amide bonds. The molecule has 4 aromatic rings. The van der Waals surface area contributed by atoms with Crippen LogP contribution in [0.5, 0.6) is 0 Å². The lowest BCUT2D eigenvalue weighted by molar-refractivity contribution is -0.174. The number of aromatic nitrogens is 4. The normalized spacial score (nSPS) is 17.5. The van der Waals surface area contributed by atoms with Crippen LogP contribution in [0.2, 0.25) is 0 Å². The molecule has 0 unspecified atom stereocenters. The molecule has 0 saturated carbocycles. The fourth-order valence-electron chi connectivity index (χ4n) is 4.48. The molecule has 1 aliphatic heterocycles. The number of hydrogen-bond acceptors (Lipinski definition) is 5. The molecule has 1 aromatic carbocycles. The Morgan fingerprint density at radius 1 is 1.19 bits per heavy atom. The summed E-state index contributed by atoms with van der Waals surface area (Å²) in [5, 5.41) is 14.3. The van der Waals surface area contributed by atoms with E-state index in [0.717, 1.165) is 27.7 Å². The molecular weight excluding hydrogens is 473 g/mol. The van der Waals surface area contributed by atoms with Crippen molar-refractivity contribution < 1.29 is 22.4 Å². The molecule has 1 aliphatic rings. The fraction of sp³-hybridized carbons (Fsp3) is 0.320. The molecular formula is C25H25F3N6O2. The van der Waals surface area contributed by atoms with Gasteiger partial charge in [-0.25, -0.2) is 4.68 Å². The predicted molar refractivity (Wildman–Crippen MR) is 127 cm³/mol. The number of halogens is 3. The predicted octanol–water partition coefficient (Wildman–Crippen LogP) is 5.56. The molecule has 0 saturated heterocycles. The number of hydrogen-bond donors (Lipinski definition) is 2. The Balaban J connectivity index is 1.42. The minimum absolute atomic E-state index is 0.00518. The van der Waals surface area contributed by atoms with E-state index in [2.05, 4.69) is 20.8 Å². The van der Waals surface area contributed by atoms with Crippen LogP contribution in [0.1, 0.15) is 57.1 Å². The number of fused-ring (bicyclic) bond motifs is 1. The Morgan fingerprint density at radius 2 is 1.94 bits per heavy atom. The second-order valence-electron chi connectivity index (χ2n) is 9.00. The number of alkyl halides is 3. The van der Waals surface area contributed by atoms with Crippen LogP contribution in [0.15, 0.2) is 53.3 Å². The van der Waals surface area contributed by atoms with Crippen molar-refractivity contribution in [3.63, 3.8) is 0 Å². The summed E-state index contributed by atoms with van der Waals surface area (Å²) in [6.07, 6.45) is -2.30. The zero-order chi connectivity index (χ0) is 25.6. The van der Waals surface area contributed by atoms with Crippen molar-refractivity contribution in [3.8, 4) is 0 Å². The van der Waals surface area contributed by atoms with E-state index in [-0.39, 0.29) is 17.8 Å². The lowest BCUT2D eigenvalue weighted by Crippen LogP contribution is -2.36. The van der Waals surface area contributed by atoms with Crippen LogP contribution < -0.4 is 10.6 Å². The van der Waals surface area contributed by atoms with Crippen molar-refractivity contribution in [3.05, 3.63) is 82.7 Å². The second-order valence-corrected chi connectivity index (χ2v) is 9.00. The van der Waals surface area contributed by atoms with Crippen LogP contribution in [0.4, 0.5) is 24.7 Å². The quantitative estimate of drug-likeness (QED) is 0.376. The summed E-state index contributed by atoms with van der Waals surface area (Å²) < 4.78 is 49.6. The number of nitrogens with one attached hydrogen (secondary N) is 2. The number of furan rings is 1. The molecule has 5 rings (SSSR count). The van der Waals surface area contributed by atoms with Crippen molar-refractivity contribution in [2.45, 2.75) is 52.0 Å². The minimum atomic E-state index is -4.55. The van der Waals surface area contributed by atoms with Gasteiger partial charge in [-0.2, -0.15) is 23.4 Å². The Morgan fingerprint density at radius 3 is 2.61 bits per heavy atom. The Bertz CT molecular complexity index is 1390. The van der Waals surface area contributed by atoms with E-state index >= 15 is 0 Å². The van der Waals surface area contributed by atoms with Gasteiger partial charge in [0.2, 0.25) is 0 Å². The molecule has 2 atom stereocenters. The number of aryl methyl sites for hydroxylation is 2. The summed E-state index contributed by atoms with van der Waals surface area (Å²) in [7, 11) is 0. The zero-order valence-electron chi connectivity index (χ0n) is 19.9. The lowest BCUT2D eigenvalue weighted by Gasteiger charge is -2.32. The average molecular weight is 499 g/mol. The SMILES string of the molecule is Cc1ccc(Cn2nc(C)c(NC(=O)c3cnn4c3N[C@@H](c3ccco3)C[C@@H]4C(F)(F)F)c2C)cc1. The van der Waals surface area contributed by atoms with Gasteiger partial charge in [0.1, 0.15) is 17.1 Å². The smallest absolute Gasteiger partial charge is 0.410 e. The third-order valence-corrected chi connectivity index (χ3v) is 6.44. The molecule has 188 valence electrons. The summed E-state index contributed by atoms with van der Waals surface area (Å²) >= 11 is 0. The molecule has 0 spiro atoms. The van der Waals surface area contributed by atoms with Crippen LogP contribution in [-0.2, 0) is 6.54 Å². The van der Waals surface area contributed by atoms with E-state index < -0.39 is 24.2 Å². The molecule has 8 nitrogen and oxygen atoms in total. The number of rotatable bonds is 5. The molecule has 0 bridgehead atoms. The number of carbonyl (C=O) groups excluding carboxylic acids is 1. The standard InChI is InChI=1S/C25H25F3N6O2/c1-14-6-8-17(9-7-14)13-33-16(3)22(15(2)32-33)31-24(35)18-12-29-34-21(25(26,27)28)11-19(30-23(18)34)20-5-4-10-36-20/h4-10,12,19,21,30H,11,13H2,1-3H3,(H,31,35)/t19-,21-/m1/s1. The van der Waals surface area contributed by atoms with Crippen molar-refractivity contribution >= 4 is 17.4 Å². The van der Waals surface area contributed by atoms with Crippen LogP contribution in [0.25, 0.3) is 0 Å². The van der Waals surface area contributed by atoms with E-state index in [1.807, 2.05) is 38.1 Å². The first kappa shape index (κ1) is 23.7. The molecule has 36 heavy (non-hydrogen) atoms. The van der Waals surface area contributed by atoms with Crippen molar-refractivity contribution in [1.82, 2.24) is 19.6 Å². The number of anilines is 2. The zero-order valence-corrected chi connectivity index (χ0v) is 19.9. The van der Waals surface area contributed by atoms with Gasteiger partial charge in [-0.1, -0.05) is 29.8 Å². The van der Waals surface area contributed by atoms with Gasteiger partial charge < -0.3 is 15.1 Å². The van der Waals surface area contributed by atoms with Gasteiger partial charge in [0.15, 0.2) is 6.04 Å². The molecule has 3 aromatic heterocycles. The molecule has 0 radical (unpaired) electrons. The van der Waals surface area contributed by atoms with E-state index in [0.29, 0.717) is 23.7 Å². The molecule has 4 heterocycles. The number of nitrogens with zero attached hydrogens (tertiary/aromatic N) is 4. The number of amides is 1. The van der Waals surface area contributed by atoms with Crippen molar-refractivity contribution in [1.29, 1.82) is 0 Å². The van der Waals surface area contributed by atoms with E-state index in [9.17, 15) is 18.0 Å². The van der Waals surface area contributed by atoms with E-state index in [1.165, 1.54) is 6.26 Å². The molecule has 2 N–H and O–H groups in total. The van der Waals surface area contributed by atoms with Crippen LogP contribution >= 0.6 is 0 Å². The van der Waals surface area contributed by atoms with Gasteiger partial charge in [0.05, 0.1) is 42.1 Å².